The minimum absolute atomic E-state index is 0.158. The molecule has 0 saturated carbocycles. The monoisotopic (exact) mass is 353 g/mol. The quantitative estimate of drug-likeness (QED) is 0.490. The molecule has 0 saturated heterocycles. The summed E-state index contributed by atoms with van der Waals surface area (Å²) in [5.74, 6) is 0.158. The topological polar surface area (TPSA) is 43.1 Å². The van der Waals surface area contributed by atoms with Crippen molar-refractivity contribution in [2.24, 2.45) is 0 Å². The Kier molecular flexibility index (Phi) is 4.04. The first-order valence-electron chi connectivity index (χ1n) is 7.66. The van der Waals surface area contributed by atoms with E-state index in [0.29, 0.717) is 12.8 Å². The highest BCUT2D eigenvalue weighted by molar-refractivity contribution is 7.14. The van der Waals surface area contributed by atoms with Gasteiger partial charge in [-0.05, 0) is 30.0 Å². The molecule has 3 aromatic heterocycles. The number of hydrogen-bond donors (Lipinski definition) is 0. The Hall–Kier alpha value is -2.24. The number of rotatable bonds is 5. The van der Waals surface area contributed by atoms with Crippen molar-refractivity contribution in [3.05, 3.63) is 63.5 Å². The fourth-order valence-corrected chi connectivity index (χ4v) is 4.28. The second kappa shape index (κ2) is 6.34. The average Bonchev–Trinajstić information content (AvgIpc) is 3.27. The molecular weight excluding hydrogens is 338 g/mol. The fourth-order valence-electron chi connectivity index (χ4n) is 2.70. The zero-order chi connectivity index (χ0) is 16.5. The predicted molar refractivity (Wildman–Crippen MR) is 98.8 cm³/mol. The highest BCUT2D eigenvalue weighted by Gasteiger charge is 2.13. The average molecular weight is 353 g/mol. The molecule has 0 amide bonds. The van der Waals surface area contributed by atoms with Crippen LogP contribution >= 0.6 is 22.7 Å². The molecule has 3 heterocycles. The number of nitrogens with zero attached hydrogens (tertiary/aromatic N) is 1. The zero-order valence-corrected chi connectivity index (χ0v) is 14.7. The van der Waals surface area contributed by atoms with E-state index in [1.54, 1.807) is 28.9 Å². The van der Waals surface area contributed by atoms with Crippen LogP contribution in [0, 0.1) is 6.92 Å². The molecule has 5 heteroatoms. The van der Waals surface area contributed by atoms with E-state index in [1.165, 1.54) is 0 Å². The lowest BCUT2D eigenvalue weighted by atomic mass is 10.1. The van der Waals surface area contributed by atoms with Gasteiger partial charge < -0.3 is 4.42 Å². The van der Waals surface area contributed by atoms with E-state index in [-0.39, 0.29) is 5.78 Å². The molecule has 120 valence electrons. The van der Waals surface area contributed by atoms with Crippen LogP contribution in [0.4, 0.5) is 0 Å². The summed E-state index contributed by atoms with van der Waals surface area (Å²) in [6, 6.07) is 10.1. The van der Waals surface area contributed by atoms with Gasteiger partial charge in [0.15, 0.2) is 0 Å². The number of fused-ring (bicyclic) bond motifs is 1. The Morgan fingerprint density at radius 2 is 2.12 bits per heavy atom. The molecule has 4 aromatic rings. The van der Waals surface area contributed by atoms with E-state index in [4.69, 9.17) is 4.42 Å². The highest BCUT2D eigenvalue weighted by Crippen LogP contribution is 2.27. The summed E-state index contributed by atoms with van der Waals surface area (Å²) in [7, 11) is 0. The van der Waals surface area contributed by atoms with Gasteiger partial charge in [-0.15, -0.1) is 22.7 Å². The van der Waals surface area contributed by atoms with E-state index < -0.39 is 0 Å². The van der Waals surface area contributed by atoms with Crippen LogP contribution in [-0.4, -0.2) is 10.8 Å². The number of carbonyl (C=O) groups is 1. The molecular formula is C19H15NO2S2. The van der Waals surface area contributed by atoms with Crippen molar-refractivity contribution < 1.29 is 9.21 Å². The van der Waals surface area contributed by atoms with E-state index in [1.807, 2.05) is 48.0 Å². The maximum absolute atomic E-state index is 12.4. The molecule has 0 bridgehead atoms. The summed E-state index contributed by atoms with van der Waals surface area (Å²) in [6.07, 6.45) is 2.44. The third kappa shape index (κ3) is 3.05. The SMILES string of the molecule is Cc1ccc2c(CC(=O)Cc3nc(-c4cccs4)cs3)coc2c1. The Morgan fingerprint density at radius 3 is 2.96 bits per heavy atom. The van der Waals surface area contributed by atoms with Crippen molar-refractivity contribution in [1.82, 2.24) is 4.98 Å². The van der Waals surface area contributed by atoms with E-state index >= 15 is 0 Å². The van der Waals surface area contributed by atoms with Gasteiger partial charge in [-0.1, -0.05) is 18.2 Å². The zero-order valence-electron chi connectivity index (χ0n) is 13.1. The lowest BCUT2D eigenvalue weighted by Crippen LogP contribution is -2.06. The maximum atomic E-state index is 12.4. The number of benzene rings is 1. The van der Waals surface area contributed by atoms with Crippen molar-refractivity contribution in [2.45, 2.75) is 19.8 Å². The second-order valence-electron chi connectivity index (χ2n) is 5.76. The van der Waals surface area contributed by atoms with Crippen LogP contribution in [0.15, 0.2) is 51.8 Å². The first-order valence-corrected chi connectivity index (χ1v) is 9.42. The second-order valence-corrected chi connectivity index (χ2v) is 7.65. The smallest absolute Gasteiger partial charge is 0.144 e. The number of hydrogen-bond acceptors (Lipinski definition) is 5. The maximum Gasteiger partial charge on any atom is 0.144 e. The van der Waals surface area contributed by atoms with Gasteiger partial charge in [0.25, 0.3) is 0 Å². The van der Waals surface area contributed by atoms with Gasteiger partial charge >= 0.3 is 0 Å². The fraction of sp³-hybridized carbons (Fsp3) is 0.158. The molecule has 1 aromatic carbocycles. The van der Waals surface area contributed by atoms with Crippen LogP contribution in [0.25, 0.3) is 21.5 Å². The lowest BCUT2D eigenvalue weighted by molar-refractivity contribution is -0.117. The van der Waals surface area contributed by atoms with Gasteiger partial charge in [-0.2, -0.15) is 0 Å². The molecule has 0 fully saturated rings. The lowest BCUT2D eigenvalue weighted by Gasteiger charge is -1.98. The Labute approximate surface area is 147 Å². The van der Waals surface area contributed by atoms with E-state index in [0.717, 1.165) is 37.7 Å². The van der Waals surface area contributed by atoms with Crippen molar-refractivity contribution in [3.63, 3.8) is 0 Å². The van der Waals surface area contributed by atoms with Crippen LogP contribution in [0.1, 0.15) is 16.1 Å². The van der Waals surface area contributed by atoms with Gasteiger partial charge in [-0.3, -0.25) is 4.79 Å². The van der Waals surface area contributed by atoms with Crippen LogP contribution in [0.5, 0.6) is 0 Å². The third-order valence-corrected chi connectivity index (χ3v) is 5.61. The summed E-state index contributed by atoms with van der Waals surface area (Å²) in [5.41, 5.74) is 3.90. The van der Waals surface area contributed by atoms with Gasteiger partial charge in [0, 0.05) is 22.8 Å². The van der Waals surface area contributed by atoms with E-state index in [9.17, 15) is 4.79 Å². The number of carbonyl (C=O) groups excluding carboxylic acids is 1. The number of Topliss-reactive ketones (excluding diaryl/α,β-unsaturated/α-hetero) is 1. The van der Waals surface area contributed by atoms with Crippen molar-refractivity contribution in [1.29, 1.82) is 0 Å². The first kappa shape index (κ1) is 15.3. The molecule has 4 rings (SSSR count). The molecule has 3 nitrogen and oxygen atoms in total. The summed E-state index contributed by atoms with van der Waals surface area (Å²) in [5, 5.41) is 5.94. The standard InChI is InChI=1S/C19H15NO2S2/c1-12-4-5-15-13(10-22-17(15)7-12)8-14(21)9-19-20-16(11-24-19)18-3-2-6-23-18/h2-7,10-11H,8-9H2,1H3. The van der Waals surface area contributed by atoms with Crippen LogP contribution < -0.4 is 0 Å². The molecule has 0 aliphatic heterocycles. The van der Waals surface area contributed by atoms with Crippen LogP contribution in [-0.2, 0) is 17.6 Å². The molecule has 24 heavy (non-hydrogen) atoms. The van der Waals surface area contributed by atoms with Crippen LogP contribution in [0.3, 0.4) is 0 Å². The normalized spacial score (nSPS) is 11.2. The summed E-state index contributed by atoms with van der Waals surface area (Å²) >= 11 is 3.21. The molecule has 0 unspecified atom stereocenters. The van der Waals surface area contributed by atoms with Crippen LogP contribution in [0.2, 0.25) is 0 Å². The number of furan rings is 1. The Morgan fingerprint density at radius 1 is 1.21 bits per heavy atom. The number of thiazole rings is 1. The highest BCUT2D eigenvalue weighted by atomic mass is 32.1. The number of aromatic nitrogens is 1. The van der Waals surface area contributed by atoms with Gasteiger partial charge in [0.1, 0.15) is 16.4 Å². The minimum atomic E-state index is 0.158. The van der Waals surface area contributed by atoms with Crippen molar-refractivity contribution in [2.75, 3.05) is 0 Å². The van der Waals surface area contributed by atoms with Crippen molar-refractivity contribution >= 4 is 39.4 Å². The molecule has 0 N–H and O–H groups in total. The molecule has 0 aliphatic carbocycles. The van der Waals surface area contributed by atoms with E-state index in [2.05, 4.69) is 4.98 Å². The molecule has 0 spiro atoms. The van der Waals surface area contributed by atoms with Crippen molar-refractivity contribution in [3.8, 4) is 10.6 Å². The molecule has 0 aliphatic rings. The summed E-state index contributed by atoms with van der Waals surface area (Å²) in [4.78, 5) is 18.1. The van der Waals surface area contributed by atoms with Gasteiger partial charge in [-0.25, -0.2) is 4.98 Å². The Balaban J connectivity index is 1.48. The van der Waals surface area contributed by atoms with Gasteiger partial charge in [0.05, 0.1) is 23.3 Å². The molecule has 0 radical (unpaired) electrons. The minimum Gasteiger partial charge on any atom is -0.464 e. The summed E-state index contributed by atoms with van der Waals surface area (Å²) < 4.78 is 5.57. The predicted octanol–water partition coefficient (Wildman–Crippen LogP) is 5.28. The molecule has 0 atom stereocenters. The third-order valence-electron chi connectivity index (χ3n) is 3.87. The van der Waals surface area contributed by atoms with Gasteiger partial charge in [0.2, 0.25) is 0 Å². The first-order chi connectivity index (χ1) is 11.7. The number of aryl methyl sites for hydroxylation is 1. The Bertz CT molecular complexity index is 996. The summed E-state index contributed by atoms with van der Waals surface area (Å²) in [6.45, 7) is 2.03. The number of thiophene rings is 1. The largest absolute Gasteiger partial charge is 0.464 e. The number of ketones is 1.